The molecule has 0 radical (unpaired) electrons. The van der Waals surface area contributed by atoms with Crippen molar-refractivity contribution in [2.24, 2.45) is 5.92 Å². The van der Waals surface area contributed by atoms with Crippen LogP contribution in [0, 0.1) is 17.2 Å². The lowest BCUT2D eigenvalue weighted by Gasteiger charge is -2.30. The first kappa shape index (κ1) is 10.6. The van der Waals surface area contributed by atoms with Gasteiger partial charge in [-0.2, -0.15) is 5.26 Å². The van der Waals surface area contributed by atoms with Gasteiger partial charge in [0.25, 0.3) is 0 Å². The Labute approximate surface area is 87.1 Å². The monoisotopic (exact) mass is 209 g/mol. The normalized spacial score (nSPS) is 19.8. The quantitative estimate of drug-likeness (QED) is 0.656. The molecule has 0 N–H and O–H groups in total. The summed E-state index contributed by atoms with van der Waals surface area (Å²) in [6.07, 6.45) is 0. The summed E-state index contributed by atoms with van der Waals surface area (Å²) >= 11 is 4.96. The lowest BCUT2D eigenvalue weighted by atomic mass is 9.72. The molecule has 4 heteroatoms. The highest BCUT2D eigenvalue weighted by atomic mass is 35.5. The Bertz CT molecular complexity index is 401. The smallest absolute Gasteiger partial charge is 0.343 e. The Balaban J connectivity index is 3.17. The molecular weight excluding hydrogens is 202 g/mol. The van der Waals surface area contributed by atoms with Gasteiger partial charge in [0.2, 0.25) is 0 Å². The van der Waals surface area contributed by atoms with Gasteiger partial charge >= 0.3 is 5.97 Å². The molecular formula is C10H8ClNO2. The van der Waals surface area contributed by atoms with Crippen LogP contribution in [0.3, 0.4) is 0 Å². The number of rotatable bonds is 2. The number of hydrogen-bond acceptors (Lipinski definition) is 3. The molecule has 0 saturated carbocycles. The SMILES string of the molecule is C=C(C#N)C1=C(C(=O)OCl)C(C)C1=C. The van der Waals surface area contributed by atoms with Crippen molar-refractivity contribution in [2.45, 2.75) is 6.92 Å². The number of halogens is 1. The van der Waals surface area contributed by atoms with E-state index in [-0.39, 0.29) is 11.5 Å². The van der Waals surface area contributed by atoms with Crippen LogP contribution < -0.4 is 0 Å². The molecule has 0 heterocycles. The predicted octanol–water partition coefficient (Wildman–Crippen LogP) is 2.27. The van der Waals surface area contributed by atoms with Crippen molar-refractivity contribution in [2.75, 3.05) is 0 Å². The second-order valence-electron chi connectivity index (χ2n) is 2.99. The molecule has 0 aromatic rings. The van der Waals surface area contributed by atoms with Crippen molar-refractivity contribution < 1.29 is 9.08 Å². The Morgan fingerprint density at radius 1 is 1.71 bits per heavy atom. The molecule has 1 unspecified atom stereocenters. The van der Waals surface area contributed by atoms with Gasteiger partial charge in [-0.25, -0.2) is 4.79 Å². The molecule has 0 aromatic heterocycles. The van der Waals surface area contributed by atoms with Crippen molar-refractivity contribution >= 4 is 17.8 Å². The highest BCUT2D eigenvalue weighted by Crippen LogP contribution is 2.42. The van der Waals surface area contributed by atoms with E-state index < -0.39 is 5.97 Å². The molecule has 72 valence electrons. The van der Waals surface area contributed by atoms with Gasteiger partial charge in [-0.1, -0.05) is 20.1 Å². The molecule has 0 saturated heterocycles. The van der Waals surface area contributed by atoms with E-state index in [1.54, 1.807) is 6.92 Å². The first-order chi connectivity index (χ1) is 6.54. The van der Waals surface area contributed by atoms with E-state index >= 15 is 0 Å². The zero-order valence-corrected chi connectivity index (χ0v) is 8.39. The van der Waals surface area contributed by atoms with Crippen LogP contribution in [-0.2, 0) is 9.08 Å². The van der Waals surface area contributed by atoms with Crippen LogP contribution in [0.15, 0.2) is 35.5 Å². The third-order valence-corrected chi connectivity index (χ3v) is 2.41. The Morgan fingerprint density at radius 2 is 2.29 bits per heavy atom. The van der Waals surface area contributed by atoms with Crippen molar-refractivity contribution in [1.29, 1.82) is 5.26 Å². The third-order valence-electron chi connectivity index (χ3n) is 2.27. The fourth-order valence-electron chi connectivity index (χ4n) is 1.44. The minimum Gasteiger partial charge on any atom is -0.343 e. The number of carbonyl (C=O) groups is 1. The molecule has 1 rings (SSSR count). The van der Waals surface area contributed by atoms with Crippen molar-refractivity contribution in [3.05, 3.63) is 35.5 Å². The summed E-state index contributed by atoms with van der Waals surface area (Å²) in [6, 6.07) is 1.86. The largest absolute Gasteiger partial charge is 0.353 e. The first-order valence-electron chi connectivity index (χ1n) is 3.90. The second-order valence-corrected chi connectivity index (χ2v) is 3.14. The summed E-state index contributed by atoms with van der Waals surface area (Å²) in [7, 11) is 0. The Morgan fingerprint density at radius 3 is 2.71 bits per heavy atom. The Hall–Kier alpha value is -1.53. The van der Waals surface area contributed by atoms with E-state index in [2.05, 4.69) is 17.4 Å². The second kappa shape index (κ2) is 3.69. The van der Waals surface area contributed by atoms with Crippen molar-refractivity contribution in [1.82, 2.24) is 0 Å². The topological polar surface area (TPSA) is 50.1 Å². The lowest BCUT2D eigenvalue weighted by molar-refractivity contribution is -0.130. The first-order valence-corrected chi connectivity index (χ1v) is 4.21. The van der Waals surface area contributed by atoms with Gasteiger partial charge in [0, 0.05) is 11.5 Å². The van der Waals surface area contributed by atoms with Gasteiger partial charge in [-0.3, -0.25) is 0 Å². The van der Waals surface area contributed by atoms with Crippen molar-refractivity contribution in [3.8, 4) is 6.07 Å². The third kappa shape index (κ3) is 1.34. The van der Waals surface area contributed by atoms with Crippen LogP contribution >= 0.6 is 11.9 Å². The maximum absolute atomic E-state index is 11.2. The average molecular weight is 210 g/mol. The molecule has 0 amide bonds. The molecule has 1 aliphatic rings. The standard InChI is InChI=1S/C10H8ClNO2/c1-5(4-12)8-6(2)7(3)9(8)10(13)14-11/h7H,1-2H2,3H3. The van der Waals surface area contributed by atoms with Gasteiger partial charge < -0.3 is 4.29 Å². The van der Waals surface area contributed by atoms with Gasteiger partial charge in [0.1, 0.15) is 11.9 Å². The van der Waals surface area contributed by atoms with E-state index in [9.17, 15) is 4.79 Å². The maximum Gasteiger partial charge on any atom is 0.353 e. The zero-order valence-electron chi connectivity index (χ0n) is 7.63. The molecule has 0 spiro atoms. The summed E-state index contributed by atoms with van der Waals surface area (Å²) in [5.41, 5.74) is 1.78. The van der Waals surface area contributed by atoms with Crippen LogP contribution in [0.4, 0.5) is 0 Å². The number of nitriles is 1. The predicted molar refractivity (Wildman–Crippen MR) is 52.0 cm³/mol. The Kier molecular flexibility index (Phi) is 2.78. The van der Waals surface area contributed by atoms with Crippen LogP contribution in [0.25, 0.3) is 0 Å². The summed E-state index contributed by atoms with van der Waals surface area (Å²) in [4.78, 5) is 11.2. The van der Waals surface area contributed by atoms with Gasteiger partial charge in [-0.05, 0) is 5.57 Å². The highest BCUT2D eigenvalue weighted by molar-refractivity contribution is 6.16. The van der Waals surface area contributed by atoms with Gasteiger partial charge in [0.05, 0.1) is 17.2 Å². The number of carbonyl (C=O) groups excluding carboxylic acids is 1. The number of nitrogens with zero attached hydrogens (tertiary/aromatic N) is 1. The summed E-state index contributed by atoms with van der Waals surface area (Å²) in [6.45, 7) is 9.05. The van der Waals surface area contributed by atoms with E-state index in [1.165, 1.54) is 0 Å². The van der Waals surface area contributed by atoms with E-state index in [4.69, 9.17) is 17.1 Å². The molecule has 3 nitrogen and oxygen atoms in total. The lowest BCUT2D eigenvalue weighted by Crippen LogP contribution is -2.26. The van der Waals surface area contributed by atoms with Crippen molar-refractivity contribution in [3.63, 3.8) is 0 Å². The van der Waals surface area contributed by atoms with Gasteiger partial charge in [-0.15, -0.1) is 0 Å². The molecule has 0 aromatic carbocycles. The molecule has 14 heavy (non-hydrogen) atoms. The van der Waals surface area contributed by atoms with E-state index in [0.717, 1.165) is 0 Å². The number of allylic oxidation sites excluding steroid dienone is 3. The molecule has 0 bridgehead atoms. The van der Waals surface area contributed by atoms with Gasteiger partial charge in [0.15, 0.2) is 0 Å². The fourth-order valence-corrected chi connectivity index (χ4v) is 1.52. The molecule has 1 aliphatic carbocycles. The van der Waals surface area contributed by atoms with E-state index in [1.807, 2.05) is 6.07 Å². The van der Waals surface area contributed by atoms with Crippen LogP contribution in [-0.4, -0.2) is 5.97 Å². The molecule has 0 fully saturated rings. The average Bonchev–Trinajstić information content (AvgIpc) is 2.22. The van der Waals surface area contributed by atoms with Crippen LogP contribution in [0.5, 0.6) is 0 Å². The van der Waals surface area contributed by atoms with E-state index in [0.29, 0.717) is 16.7 Å². The van der Waals surface area contributed by atoms with Crippen LogP contribution in [0.2, 0.25) is 0 Å². The maximum atomic E-state index is 11.2. The summed E-state index contributed by atoms with van der Waals surface area (Å²) < 4.78 is 4.08. The minimum atomic E-state index is -0.641. The fraction of sp³-hybridized carbons (Fsp3) is 0.200. The minimum absolute atomic E-state index is 0.124. The van der Waals surface area contributed by atoms with Crippen LogP contribution in [0.1, 0.15) is 6.92 Å². The molecule has 1 atom stereocenters. The highest BCUT2D eigenvalue weighted by Gasteiger charge is 2.37. The number of hydrogen-bond donors (Lipinski definition) is 0. The zero-order chi connectivity index (χ0) is 10.9. The summed E-state index contributed by atoms with van der Waals surface area (Å²) in [5, 5.41) is 8.64. The molecule has 0 aliphatic heterocycles. The summed E-state index contributed by atoms with van der Waals surface area (Å²) in [5.74, 6) is -0.765.